The second-order valence-corrected chi connectivity index (χ2v) is 4.89. The van der Waals surface area contributed by atoms with Crippen molar-refractivity contribution in [1.82, 2.24) is 10.3 Å². The Morgan fingerprint density at radius 1 is 1.32 bits per heavy atom. The number of nitrogens with one attached hydrogen (secondary N) is 2. The Labute approximate surface area is 110 Å². The molecule has 0 aliphatic rings. The molecule has 0 spiro atoms. The number of aliphatic carboxylic acids is 1. The Balaban J connectivity index is 2.94. The smallest absolute Gasteiger partial charge is 0.325 e. The molecule has 0 aliphatic carbocycles. The van der Waals surface area contributed by atoms with E-state index in [0.29, 0.717) is 18.0 Å². The van der Waals surface area contributed by atoms with Gasteiger partial charge in [-0.1, -0.05) is 13.8 Å². The molecule has 0 aliphatic heterocycles. The van der Waals surface area contributed by atoms with Gasteiger partial charge in [0.05, 0.1) is 0 Å². The lowest BCUT2D eigenvalue weighted by Crippen LogP contribution is -2.38. The number of amides is 1. The molecule has 1 aromatic rings. The zero-order valence-corrected chi connectivity index (χ0v) is 11.2. The molecule has 0 radical (unpaired) electrons. The molecule has 6 nitrogen and oxygen atoms in total. The van der Waals surface area contributed by atoms with E-state index in [2.05, 4.69) is 10.3 Å². The topological polar surface area (TPSA) is 99.3 Å². The minimum atomic E-state index is -1.12. The van der Waals surface area contributed by atoms with Crippen molar-refractivity contribution in [1.29, 1.82) is 0 Å². The molecule has 1 rings (SSSR count). The standard InChI is InChI=1S/C13H18N2O4/c1-7(2)4-10-5-9(6-11(16)15-10)12(17)14-8(3)13(18)19/h5-8H,4H2,1-3H3,(H,14,17)(H,15,16)(H,18,19)/t8-/m0/s1. The third kappa shape index (κ3) is 4.57. The highest BCUT2D eigenvalue weighted by Gasteiger charge is 2.16. The fraction of sp³-hybridized carbons (Fsp3) is 0.462. The first-order chi connectivity index (χ1) is 8.79. The van der Waals surface area contributed by atoms with Gasteiger partial charge in [-0.05, 0) is 25.3 Å². The first kappa shape index (κ1) is 14.9. The highest BCUT2D eigenvalue weighted by molar-refractivity contribution is 5.96. The van der Waals surface area contributed by atoms with Crippen LogP contribution in [0.15, 0.2) is 16.9 Å². The third-order valence-corrected chi connectivity index (χ3v) is 2.51. The van der Waals surface area contributed by atoms with Crippen molar-refractivity contribution in [2.75, 3.05) is 0 Å². The molecule has 0 saturated heterocycles. The van der Waals surface area contributed by atoms with Crippen molar-refractivity contribution < 1.29 is 14.7 Å². The van der Waals surface area contributed by atoms with Crippen LogP contribution in [-0.2, 0) is 11.2 Å². The molecule has 6 heteroatoms. The predicted octanol–water partition coefficient (Wildman–Crippen LogP) is 0.776. The van der Waals surface area contributed by atoms with Gasteiger partial charge in [0.15, 0.2) is 0 Å². The number of carbonyl (C=O) groups is 2. The van der Waals surface area contributed by atoms with Gasteiger partial charge in [-0.3, -0.25) is 14.4 Å². The van der Waals surface area contributed by atoms with Crippen LogP contribution in [0, 0.1) is 5.92 Å². The van der Waals surface area contributed by atoms with Crippen LogP contribution in [0.2, 0.25) is 0 Å². The van der Waals surface area contributed by atoms with Gasteiger partial charge in [-0.2, -0.15) is 0 Å². The van der Waals surface area contributed by atoms with Crippen molar-refractivity contribution in [3.05, 3.63) is 33.7 Å². The minimum Gasteiger partial charge on any atom is -0.480 e. The van der Waals surface area contributed by atoms with E-state index in [1.165, 1.54) is 6.92 Å². The average Bonchev–Trinajstić information content (AvgIpc) is 2.26. The highest BCUT2D eigenvalue weighted by atomic mass is 16.4. The Bertz CT molecular complexity index is 534. The number of pyridine rings is 1. The molecule has 1 heterocycles. The van der Waals surface area contributed by atoms with Gasteiger partial charge in [-0.15, -0.1) is 0 Å². The molecule has 1 atom stereocenters. The van der Waals surface area contributed by atoms with Gasteiger partial charge < -0.3 is 15.4 Å². The number of aromatic amines is 1. The van der Waals surface area contributed by atoms with Gasteiger partial charge in [0.1, 0.15) is 6.04 Å². The zero-order valence-electron chi connectivity index (χ0n) is 11.2. The molecule has 0 aromatic carbocycles. The average molecular weight is 266 g/mol. The van der Waals surface area contributed by atoms with Crippen LogP contribution < -0.4 is 10.9 Å². The molecule has 1 amide bonds. The summed E-state index contributed by atoms with van der Waals surface area (Å²) >= 11 is 0. The van der Waals surface area contributed by atoms with Crippen molar-refractivity contribution in [3.63, 3.8) is 0 Å². The van der Waals surface area contributed by atoms with E-state index >= 15 is 0 Å². The molecule has 0 saturated carbocycles. The van der Waals surface area contributed by atoms with Crippen LogP contribution in [0.5, 0.6) is 0 Å². The first-order valence-electron chi connectivity index (χ1n) is 6.06. The van der Waals surface area contributed by atoms with Crippen LogP contribution in [-0.4, -0.2) is 28.0 Å². The van der Waals surface area contributed by atoms with E-state index < -0.39 is 17.9 Å². The molecule has 0 bridgehead atoms. The maximum Gasteiger partial charge on any atom is 0.325 e. The van der Waals surface area contributed by atoms with Gasteiger partial charge in [-0.25, -0.2) is 0 Å². The lowest BCUT2D eigenvalue weighted by atomic mass is 10.1. The molecule has 19 heavy (non-hydrogen) atoms. The highest BCUT2D eigenvalue weighted by Crippen LogP contribution is 2.06. The SMILES string of the molecule is CC(C)Cc1cc(C(=O)N[C@@H](C)C(=O)O)cc(=O)[nH]1. The molecular formula is C13H18N2O4. The lowest BCUT2D eigenvalue weighted by molar-refractivity contribution is -0.138. The summed E-state index contributed by atoms with van der Waals surface area (Å²) in [7, 11) is 0. The fourth-order valence-corrected chi connectivity index (χ4v) is 1.62. The van der Waals surface area contributed by atoms with E-state index in [-0.39, 0.29) is 11.1 Å². The van der Waals surface area contributed by atoms with Crippen LogP contribution in [0.25, 0.3) is 0 Å². The Morgan fingerprint density at radius 2 is 1.95 bits per heavy atom. The van der Waals surface area contributed by atoms with E-state index in [1.807, 2.05) is 13.8 Å². The number of carboxylic acids is 1. The van der Waals surface area contributed by atoms with Crippen LogP contribution >= 0.6 is 0 Å². The normalized spacial score (nSPS) is 12.2. The fourth-order valence-electron chi connectivity index (χ4n) is 1.62. The Hall–Kier alpha value is -2.11. The number of hydrogen-bond acceptors (Lipinski definition) is 3. The Kier molecular flexibility index (Phi) is 4.86. The number of carbonyl (C=O) groups excluding carboxylic acids is 1. The molecule has 104 valence electrons. The zero-order chi connectivity index (χ0) is 14.6. The summed E-state index contributed by atoms with van der Waals surface area (Å²) in [5, 5.41) is 11.0. The summed E-state index contributed by atoms with van der Waals surface area (Å²) in [6.45, 7) is 5.36. The van der Waals surface area contributed by atoms with Gasteiger partial charge >= 0.3 is 5.97 Å². The van der Waals surface area contributed by atoms with Gasteiger partial charge in [0.2, 0.25) is 5.56 Å². The predicted molar refractivity (Wildman–Crippen MR) is 70.2 cm³/mol. The number of hydrogen-bond donors (Lipinski definition) is 3. The van der Waals surface area contributed by atoms with Crippen molar-refractivity contribution in [3.8, 4) is 0 Å². The Morgan fingerprint density at radius 3 is 2.47 bits per heavy atom. The number of carboxylic acid groups (broad SMARTS) is 1. The monoisotopic (exact) mass is 266 g/mol. The second kappa shape index (κ2) is 6.17. The van der Waals surface area contributed by atoms with E-state index in [1.54, 1.807) is 6.07 Å². The molecule has 3 N–H and O–H groups in total. The van der Waals surface area contributed by atoms with E-state index in [0.717, 1.165) is 6.07 Å². The van der Waals surface area contributed by atoms with Crippen molar-refractivity contribution in [2.24, 2.45) is 5.92 Å². The molecule has 1 aromatic heterocycles. The lowest BCUT2D eigenvalue weighted by Gasteiger charge is -2.10. The summed E-state index contributed by atoms with van der Waals surface area (Å²) in [5.41, 5.74) is 0.467. The van der Waals surface area contributed by atoms with Gasteiger partial charge in [0.25, 0.3) is 5.91 Å². The van der Waals surface area contributed by atoms with Crippen molar-refractivity contribution >= 4 is 11.9 Å². The summed E-state index contributed by atoms with van der Waals surface area (Å²) in [4.78, 5) is 36.6. The summed E-state index contributed by atoms with van der Waals surface area (Å²) in [6, 6.07) is 1.74. The molecule has 0 fully saturated rings. The number of aromatic nitrogens is 1. The third-order valence-electron chi connectivity index (χ3n) is 2.51. The largest absolute Gasteiger partial charge is 0.480 e. The van der Waals surface area contributed by atoms with Crippen LogP contribution in [0.4, 0.5) is 0 Å². The van der Waals surface area contributed by atoms with Crippen LogP contribution in [0.1, 0.15) is 36.8 Å². The maximum atomic E-state index is 11.8. The summed E-state index contributed by atoms with van der Waals surface area (Å²) in [6.07, 6.45) is 0.644. The molecule has 0 unspecified atom stereocenters. The minimum absolute atomic E-state index is 0.174. The second-order valence-electron chi connectivity index (χ2n) is 4.89. The van der Waals surface area contributed by atoms with Crippen molar-refractivity contribution in [2.45, 2.75) is 33.2 Å². The number of rotatable bonds is 5. The molecular weight excluding hydrogens is 248 g/mol. The number of H-pyrrole nitrogens is 1. The first-order valence-corrected chi connectivity index (χ1v) is 6.06. The van der Waals surface area contributed by atoms with E-state index in [9.17, 15) is 14.4 Å². The summed E-state index contributed by atoms with van der Waals surface area (Å²) < 4.78 is 0. The maximum absolute atomic E-state index is 11.8. The summed E-state index contributed by atoms with van der Waals surface area (Å²) in [5.74, 6) is -1.35. The van der Waals surface area contributed by atoms with E-state index in [4.69, 9.17) is 5.11 Å². The van der Waals surface area contributed by atoms with Crippen LogP contribution in [0.3, 0.4) is 0 Å². The quantitative estimate of drug-likeness (QED) is 0.733. The van der Waals surface area contributed by atoms with Gasteiger partial charge in [0, 0.05) is 17.3 Å².